The number of ether oxygens (including phenoxy) is 2. The molecule has 0 bridgehead atoms. The third kappa shape index (κ3) is 2.92. The predicted molar refractivity (Wildman–Crippen MR) is 77.9 cm³/mol. The van der Waals surface area contributed by atoms with Crippen LogP contribution in [0.25, 0.3) is 0 Å². The molecule has 104 valence electrons. The van der Waals surface area contributed by atoms with Crippen molar-refractivity contribution in [3.8, 4) is 11.5 Å². The molecule has 1 aromatic carbocycles. The van der Waals surface area contributed by atoms with Gasteiger partial charge in [0, 0.05) is 0 Å². The van der Waals surface area contributed by atoms with Gasteiger partial charge in [0.05, 0.1) is 25.8 Å². The van der Waals surface area contributed by atoms with Gasteiger partial charge in [0.15, 0.2) is 0 Å². The molecule has 0 fully saturated rings. The molecule has 0 radical (unpaired) electrons. The first-order valence-electron chi connectivity index (χ1n) is 6.95. The average Bonchev–Trinajstić information content (AvgIpc) is 2.98. The van der Waals surface area contributed by atoms with Gasteiger partial charge in [-0.05, 0) is 37.9 Å². The quantitative estimate of drug-likeness (QED) is 0.795. The van der Waals surface area contributed by atoms with Crippen LogP contribution in [0.4, 0.5) is 0 Å². The van der Waals surface area contributed by atoms with E-state index in [2.05, 4.69) is 18.3 Å². The first-order chi connectivity index (χ1) is 9.31. The second-order valence-electron chi connectivity index (χ2n) is 4.74. The van der Waals surface area contributed by atoms with E-state index in [0.717, 1.165) is 30.0 Å². The largest absolute Gasteiger partial charge is 0.496 e. The fraction of sp³-hybridized carbons (Fsp3) is 0.500. The van der Waals surface area contributed by atoms with Crippen LogP contribution in [0.15, 0.2) is 29.8 Å². The molecule has 0 saturated carbocycles. The number of methoxy groups -OCH3 is 2. The molecule has 0 heterocycles. The van der Waals surface area contributed by atoms with Crippen molar-refractivity contribution in [3.63, 3.8) is 0 Å². The lowest BCUT2D eigenvalue weighted by Gasteiger charge is -2.24. The summed E-state index contributed by atoms with van der Waals surface area (Å²) in [6.45, 7) is 3.05. The van der Waals surface area contributed by atoms with Gasteiger partial charge in [-0.3, -0.25) is 0 Å². The maximum atomic E-state index is 5.53. The van der Waals surface area contributed by atoms with Gasteiger partial charge in [0.1, 0.15) is 11.5 Å². The standard InChI is InChI=1S/C16H23NO2/c1-4-17-16(12-8-5-6-9-12)15-13(18-2)10-7-11-14(15)19-3/h7-8,10-11,16-17H,4-6,9H2,1-3H3. The topological polar surface area (TPSA) is 30.5 Å². The zero-order valence-corrected chi connectivity index (χ0v) is 12.0. The fourth-order valence-corrected chi connectivity index (χ4v) is 2.74. The van der Waals surface area contributed by atoms with Gasteiger partial charge >= 0.3 is 0 Å². The van der Waals surface area contributed by atoms with Gasteiger partial charge in [-0.2, -0.15) is 0 Å². The van der Waals surface area contributed by atoms with E-state index in [4.69, 9.17) is 9.47 Å². The molecule has 1 aliphatic rings. The van der Waals surface area contributed by atoms with Crippen LogP contribution in [-0.4, -0.2) is 20.8 Å². The maximum absolute atomic E-state index is 5.53. The molecule has 1 N–H and O–H groups in total. The summed E-state index contributed by atoms with van der Waals surface area (Å²) in [5.74, 6) is 1.77. The number of likely N-dealkylation sites (N-methyl/N-ethyl adjacent to an activating group) is 1. The van der Waals surface area contributed by atoms with E-state index in [9.17, 15) is 0 Å². The minimum atomic E-state index is 0.193. The highest BCUT2D eigenvalue weighted by Crippen LogP contribution is 2.40. The third-order valence-corrected chi connectivity index (χ3v) is 3.61. The summed E-state index contributed by atoms with van der Waals surface area (Å²) in [6.07, 6.45) is 5.92. The lowest BCUT2D eigenvalue weighted by Crippen LogP contribution is -2.23. The van der Waals surface area contributed by atoms with Crippen molar-refractivity contribution in [2.75, 3.05) is 20.8 Å². The monoisotopic (exact) mass is 261 g/mol. The number of hydrogen-bond donors (Lipinski definition) is 1. The Morgan fingerprint density at radius 3 is 2.37 bits per heavy atom. The SMILES string of the molecule is CCNC(C1=CCCC1)c1c(OC)cccc1OC. The van der Waals surface area contributed by atoms with Crippen LogP contribution < -0.4 is 14.8 Å². The number of hydrogen-bond acceptors (Lipinski definition) is 3. The van der Waals surface area contributed by atoms with Crippen LogP contribution in [-0.2, 0) is 0 Å². The van der Waals surface area contributed by atoms with Crippen molar-refractivity contribution in [1.82, 2.24) is 5.32 Å². The summed E-state index contributed by atoms with van der Waals surface area (Å²) in [5, 5.41) is 3.56. The van der Waals surface area contributed by atoms with Crippen LogP contribution in [0.5, 0.6) is 11.5 Å². The molecule has 1 unspecified atom stereocenters. The highest BCUT2D eigenvalue weighted by atomic mass is 16.5. The molecule has 0 aromatic heterocycles. The van der Waals surface area contributed by atoms with E-state index in [1.54, 1.807) is 14.2 Å². The smallest absolute Gasteiger partial charge is 0.127 e. The average molecular weight is 261 g/mol. The molecule has 0 amide bonds. The Bertz CT molecular complexity index is 432. The van der Waals surface area contributed by atoms with Crippen molar-refractivity contribution in [3.05, 3.63) is 35.4 Å². The first-order valence-corrected chi connectivity index (χ1v) is 6.95. The Hall–Kier alpha value is -1.48. The molecular weight excluding hydrogens is 238 g/mol. The second-order valence-corrected chi connectivity index (χ2v) is 4.74. The summed E-state index contributed by atoms with van der Waals surface area (Å²) in [7, 11) is 3.43. The van der Waals surface area contributed by atoms with Gasteiger partial charge in [0.25, 0.3) is 0 Å². The normalized spacial score (nSPS) is 16.1. The minimum absolute atomic E-state index is 0.193. The lowest BCUT2D eigenvalue weighted by molar-refractivity contribution is 0.376. The molecule has 2 rings (SSSR count). The summed E-state index contributed by atoms with van der Waals surface area (Å²) >= 11 is 0. The Kier molecular flexibility index (Phi) is 4.86. The number of allylic oxidation sites excluding steroid dienone is 1. The predicted octanol–water partition coefficient (Wildman–Crippen LogP) is 3.46. The minimum Gasteiger partial charge on any atom is -0.496 e. The molecular formula is C16H23NO2. The molecule has 1 aliphatic carbocycles. The molecule has 1 aromatic rings. The number of benzene rings is 1. The zero-order chi connectivity index (χ0) is 13.7. The zero-order valence-electron chi connectivity index (χ0n) is 12.0. The summed E-state index contributed by atoms with van der Waals surface area (Å²) < 4.78 is 11.1. The Balaban J connectivity index is 2.45. The fourth-order valence-electron chi connectivity index (χ4n) is 2.74. The molecule has 0 aliphatic heterocycles. The maximum Gasteiger partial charge on any atom is 0.127 e. The highest BCUT2D eigenvalue weighted by Gasteiger charge is 2.24. The van der Waals surface area contributed by atoms with Crippen molar-refractivity contribution in [2.24, 2.45) is 0 Å². The van der Waals surface area contributed by atoms with E-state index in [-0.39, 0.29) is 6.04 Å². The van der Waals surface area contributed by atoms with Gasteiger partial charge in [-0.25, -0.2) is 0 Å². The number of nitrogens with one attached hydrogen (secondary N) is 1. The Labute approximate surface area is 115 Å². The summed E-state index contributed by atoms with van der Waals surface area (Å²) in [6, 6.07) is 6.15. The van der Waals surface area contributed by atoms with Gasteiger partial charge in [-0.15, -0.1) is 0 Å². The molecule has 0 spiro atoms. The van der Waals surface area contributed by atoms with Crippen LogP contribution in [0.1, 0.15) is 37.8 Å². The van der Waals surface area contributed by atoms with E-state index >= 15 is 0 Å². The van der Waals surface area contributed by atoms with E-state index < -0.39 is 0 Å². The first kappa shape index (κ1) is 13.9. The third-order valence-electron chi connectivity index (χ3n) is 3.61. The van der Waals surface area contributed by atoms with Crippen molar-refractivity contribution < 1.29 is 9.47 Å². The van der Waals surface area contributed by atoms with Gasteiger partial charge < -0.3 is 14.8 Å². The van der Waals surface area contributed by atoms with Crippen molar-refractivity contribution in [2.45, 2.75) is 32.2 Å². The van der Waals surface area contributed by atoms with Gasteiger partial charge in [-0.1, -0.05) is 24.6 Å². The van der Waals surface area contributed by atoms with Crippen LogP contribution in [0, 0.1) is 0 Å². The van der Waals surface area contributed by atoms with E-state index in [1.807, 2.05) is 18.2 Å². The number of rotatable bonds is 6. The summed E-state index contributed by atoms with van der Waals surface area (Å²) in [5.41, 5.74) is 2.56. The second kappa shape index (κ2) is 6.62. The summed E-state index contributed by atoms with van der Waals surface area (Å²) in [4.78, 5) is 0. The Morgan fingerprint density at radius 2 is 1.89 bits per heavy atom. The molecule has 3 nitrogen and oxygen atoms in total. The van der Waals surface area contributed by atoms with Crippen molar-refractivity contribution in [1.29, 1.82) is 0 Å². The van der Waals surface area contributed by atoms with Crippen molar-refractivity contribution >= 4 is 0 Å². The van der Waals surface area contributed by atoms with Crippen LogP contribution in [0.2, 0.25) is 0 Å². The molecule has 3 heteroatoms. The molecule has 0 saturated heterocycles. The van der Waals surface area contributed by atoms with E-state index in [0.29, 0.717) is 0 Å². The van der Waals surface area contributed by atoms with Gasteiger partial charge in [0.2, 0.25) is 0 Å². The highest BCUT2D eigenvalue weighted by molar-refractivity contribution is 5.50. The lowest BCUT2D eigenvalue weighted by atomic mass is 9.96. The van der Waals surface area contributed by atoms with Crippen LogP contribution in [0.3, 0.4) is 0 Å². The Morgan fingerprint density at radius 1 is 1.21 bits per heavy atom. The van der Waals surface area contributed by atoms with E-state index in [1.165, 1.54) is 18.4 Å². The molecule has 19 heavy (non-hydrogen) atoms. The van der Waals surface area contributed by atoms with Crippen LogP contribution >= 0.6 is 0 Å². The molecule has 1 atom stereocenters.